The van der Waals surface area contributed by atoms with Crippen molar-refractivity contribution in [2.75, 3.05) is 0 Å². The second-order valence-electron chi connectivity index (χ2n) is 6.74. The van der Waals surface area contributed by atoms with Gasteiger partial charge in [0.05, 0.1) is 6.26 Å². The lowest BCUT2D eigenvalue weighted by Gasteiger charge is -2.74. The molecular formula is C13H3F15O2. The molecule has 4 fully saturated rings. The highest BCUT2D eigenvalue weighted by Crippen LogP contribution is 2.90. The van der Waals surface area contributed by atoms with Gasteiger partial charge >= 0.3 is 58.5 Å². The van der Waals surface area contributed by atoms with Gasteiger partial charge in [-0.3, -0.25) is 4.79 Å². The van der Waals surface area contributed by atoms with Crippen molar-refractivity contribution in [3.63, 3.8) is 0 Å². The number of halogens is 15. The topological polar surface area (TPSA) is 26.3 Å². The van der Waals surface area contributed by atoms with Crippen LogP contribution in [0.3, 0.4) is 0 Å². The summed E-state index contributed by atoms with van der Waals surface area (Å²) in [5, 5.41) is 0. The Balaban J connectivity index is 2.75. The summed E-state index contributed by atoms with van der Waals surface area (Å²) in [7, 11) is 0. The first-order chi connectivity index (χ1) is 13.0. The highest BCUT2D eigenvalue weighted by atomic mass is 19.3. The van der Waals surface area contributed by atoms with Gasteiger partial charge in [0.2, 0.25) is 0 Å². The van der Waals surface area contributed by atoms with Gasteiger partial charge in [-0.05, 0) is 0 Å². The van der Waals surface area contributed by atoms with Gasteiger partial charge < -0.3 is 4.74 Å². The quantitative estimate of drug-likeness (QED) is 0.330. The second kappa shape index (κ2) is 4.66. The zero-order chi connectivity index (χ0) is 24.0. The van der Waals surface area contributed by atoms with Crippen LogP contribution in [0.2, 0.25) is 0 Å². The molecule has 4 rings (SSSR count). The third-order valence-electron chi connectivity index (χ3n) is 5.80. The molecule has 17 heteroatoms. The van der Waals surface area contributed by atoms with E-state index in [0.29, 0.717) is 0 Å². The van der Waals surface area contributed by atoms with E-state index in [0.717, 1.165) is 0 Å². The summed E-state index contributed by atoms with van der Waals surface area (Å²) in [5.41, 5.74) is -30.7. The third kappa shape index (κ3) is 1.25. The number of carbonyl (C=O) groups is 1. The van der Waals surface area contributed by atoms with Crippen molar-refractivity contribution < 1.29 is 75.4 Å². The smallest absolute Gasteiger partial charge is 0.339 e. The molecule has 4 aliphatic rings. The van der Waals surface area contributed by atoms with Gasteiger partial charge in [-0.15, -0.1) is 0 Å². The second-order valence-corrected chi connectivity index (χ2v) is 6.74. The maximum atomic E-state index is 14.6. The molecule has 30 heavy (non-hydrogen) atoms. The first-order valence-corrected chi connectivity index (χ1v) is 7.14. The molecule has 4 aliphatic carbocycles. The zero-order valence-electron chi connectivity index (χ0n) is 13.3. The van der Waals surface area contributed by atoms with Crippen LogP contribution in [-0.2, 0) is 9.53 Å². The Morgan fingerprint density at radius 2 is 0.767 bits per heavy atom. The van der Waals surface area contributed by atoms with E-state index in [1.165, 1.54) is 0 Å². The largest absolute Gasteiger partial charge is 0.434 e. The number of hydrogen-bond donors (Lipinski definition) is 0. The monoisotopic (exact) mass is 476 g/mol. The summed E-state index contributed by atoms with van der Waals surface area (Å²) in [5.74, 6) is -51.2. The molecule has 2 nitrogen and oxygen atoms in total. The highest BCUT2D eigenvalue weighted by molar-refractivity contribution is 5.86. The van der Waals surface area contributed by atoms with Crippen molar-refractivity contribution >= 4 is 5.97 Å². The van der Waals surface area contributed by atoms with Crippen molar-refractivity contribution in [1.82, 2.24) is 0 Å². The molecule has 0 heterocycles. The molecule has 4 bridgehead atoms. The van der Waals surface area contributed by atoms with Crippen LogP contribution in [0.15, 0.2) is 12.8 Å². The molecule has 0 unspecified atom stereocenters. The molecular weight excluding hydrogens is 473 g/mol. The van der Waals surface area contributed by atoms with E-state index in [9.17, 15) is 70.7 Å². The Morgan fingerprint density at radius 3 is 0.967 bits per heavy atom. The van der Waals surface area contributed by atoms with Crippen LogP contribution in [-0.4, -0.2) is 58.5 Å². The number of rotatable bonds is 2. The summed E-state index contributed by atoms with van der Waals surface area (Å²) in [6.07, 6.45) is -0.585. The van der Waals surface area contributed by atoms with Gasteiger partial charge in [0.25, 0.3) is 5.41 Å². The van der Waals surface area contributed by atoms with E-state index < -0.39 is 70.2 Å². The number of ether oxygens (including phenoxy) is 1. The minimum absolute atomic E-state index is 0.585. The fourth-order valence-electron chi connectivity index (χ4n) is 4.40. The molecule has 0 atom stereocenters. The van der Waals surface area contributed by atoms with Crippen LogP contribution in [0.4, 0.5) is 65.9 Å². The molecule has 0 aromatic carbocycles. The van der Waals surface area contributed by atoms with Gasteiger partial charge in [0.15, 0.2) is 0 Å². The summed E-state index contributed by atoms with van der Waals surface area (Å²) in [4.78, 5) is 11.6. The van der Waals surface area contributed by atoms with E-state index in [1.54, 1.807) is 0 Å². The van der Waals surface area contributed by atoms with Crippen molar-refractivity contribution in [3.05, 3.63) is 12.8 Å². The fourth-order valence-corrected chi connectivity index (χ4v) is 4.40. The maximum absolute atomic E-state index is 14.6. The Hall–Kier alpha value is -1.84. The van der Waals surface area contributed by atoms with Crippen molar-refractivity contribution in [2.45, 2.75) is 52.5 Å². The SMILES string of the molecule is C=COC(=O)C12C(F)(F)C3(F)C(F)(F)C(F)(C(F)(F)C(F)(C3(F)F)C1(F)F)C2(F)F. The van der Waals surface area contributed by atoms with Crippen LogP contribution >= 0.6 is 0 Å². The Labute approximate surface area is 153 Å². The van der Waals surface area contributed by atoms with E-state index >= 15 is 0 Å². The molecule has 4 saturated carbocycles. The Bertz CT molecular complexity index is 747. The molecule has 0 N–H and O–H groups in total. The number of hydrogen-bond acceptors (Lipinski definition) is 2. The molecule has 0 aliphatic heterocycles. The van der Waals surface area contributed by atoms with E-state index in [2.05, 4.69) is 11.3 Å². The lowest BCUT2D eigenvalue weighted by atomic mass is 9.36. The Kier molecular flexibility index (Phi) is 3.55. The van der Waals surface area contributed by atoms with Gasteiger partial charge in [-0.1, -0.05) is 6.58 Å². The first-order valence-electron chi connectivity index (χ1n) is 7.14. The predicted octanol–water partition coefficient (Wildman–Crippen LogP) is 4.64. The van der Waals surface area contributed by atoms with Crippen molar-refractivity contribution in [2.24, 2.45) is 5.41 Å². The lowest BCUT2D eigenvalue weighted by molar-refractivity contribution is -0.604. The maximum Gasteiger partial charge on any atom is 0.339 e. The van der Waals surface area contributed by atoms with Crippen LogP contribution in [0, 0.1) is 5.41 Å². The molecule has 0 amide bonds. The normalized spacial score (nSPS) is 47.6. The van der Waals surface area contributed by atoms with Gasteiger partial charge in [0, 0.05) is 0 Å². The van der Waals surface area contributed by atoms with Crippen LogP contribution in [0.25, 0.3) is 0 Å². The van der Waals surface area contributed by atoms with Crippen LogP contribution in [0.5, 0.6) is 0 Å². The zero-order valence-corrected chi connectivity index (χ0v) is 13.3. The first kappa shape index (κ1) is 22.8. The number of alkyl halides is 15. The highest BCUT2D eigenvalue weighted by Gasteiger charge is 3.24. The summed E-state index contributed by atoms with van der Waals surface area (Å²) < 4.78 is 218. The van der Waals surface area contributed by atoms with E-state index in [-0.39, 0.29) is 0 Å². The molecule has 0 radical (unpaired) electrons. The minimum Gasteiger partial charge on any atom is -0.434 e. The van der Waals surface area contributed by atoms with E-state index in [1.807, 2.05) is 0 Å². The average molecular weight is 476 g/mol. The Morgan fingerprint density at radius 1 is 0.533 bits per heavy atom. The summed E-state index contributed by atoms with van der Waals surface area (Å²) in [6, 6.07) is 0. The number of carbonyl (C=O) groups excluding carboxylic acids is 1. The third-order valence-corrected chi connectivity index (χ3v) is 5.80. The van der Waals surface area contributed by atoms with Gasteiger partial charge in [-0.2, -0.15) is 26.3 Å². The fraction of sp³-hybridized carbons (Fsp3) is 0.769. The standard InChI is InChI=1S/C13H3F15O2/c1-2-30-3(29)4-8(17,18)5(14)11(23,24)6(15,9(4,19)20)13(27,28)7(16,10(4,21)22)12(5,25)26/h2H,1H2. The van der Waals surface area contributed by atoms with Crippen LogP contribution < -0.4 is 0 Å². The molecule has 0 spiro atoms. The van der Waals surface area contributed by atoms with Gasteiger partial charge in [0.1, 0.15) is 0 Å². The van der Waals surface area contributed by atoms with Crippen LogP contribution in [0.1, 0.15) is 0 Å². The summed E-state index contributed by atoms with van der Waals surface area (Å²) >= 11 is 0. The van der Waals surface area contributed by atoms with Crippen molar-refractivity contribution in [3.8, 4) is 0 Å². The van der Waals surface area contributed by atoms with E-state index in [4.69, 9.17) is 0 Å². The lowest BCUT2D eigenvalue weighted by Crippen LogP contribution is -3.08. The predicted molar refractivity (Wildman–Crippen MR) is 59.9 cm³/mol. The van der Waals surface area contributed by atoms with Crippen molar-refractivity contribution in [1.29, 1.82) is 0 Å². The molecule has 0 saturated heterocycles. The number of esters is 1. The molecule has 0 aromatic rings. The summed E-state index contributed by atoms with van der Waals surface area (Å²) in [6.45, 7) is 2.31. The average Bonchev–Trinajstić information content (AvgIpc) is 2.55. The minimum atomic E-state index is -7.93. The molecule has 0 aromatic heterocycles. The van der Waals surface area contributed by atoms with Gasteiger partial charge in [-0.25, -0.2) is 39.5 Å². The molecule has 172 valence electrons.